The average molecular weight is 312 g/mol. The van der Waals surface area contributed by atoms with Gasteiger partial charge in [-0.05, 0) is 24.1 Å². The highest BCUT2D eigenvalue weighted by Gasteiger charge is 2.20. The summed E-state index contributed by atoms with van der Waals surface area (Å²) in [5.41, 5.74) is 1.45. The van der Waals surface area contributed by atoms with Gasteiger partial charge in [0.15, 0.2) is 0 Å². The number of benzene rings is 2. The lowest BCUT2D eigenvalue weighted by Gasteiger charge is -2.17. The monoisotopic (exact) mass is 312 g/mol. The zero-order chi connectivity index (χ0) is 16.5. The molecule has 0 saturated heterocycles. The first kappa shape index (κ1) is 16.7. The molecule has 1 atom stereocenters. The second kappa shape index (κ2) is 8.70. The Balaban J connectivity index is 1.94. The van der Waals surface area contributed by atoms with Crippen molar-refractivity contribution in [2.75, 3.05) is 6.61 Å². The largest absolute Gasteiger partial charge is 0.396 e. The summed E-state index contributed by atoms with van der Waals surface area (Å²) in [5.74, 6) is -0.647. The van der Waals surface area contributed by atoms with Crippen molar-refractivity contribution >= 4 is 11.8 Å². The van der Waals surface area contributed by atoms with E-state index in [1.54, 1.807) is 24.3 Å². The number of carbonyl (C=O) groups excluding carboxylic acids is 2. The Morgan fingerprint density at radius 3 is 2.17 bits per heavy atom. The van der Waals surface area contributed by atoms with E-state index in [2.05, 4.69) is 10.6 Å². The Kier molecular flexibility index (Phi) is 6.32. The number of hydrogen-bond acceptors (Lipinski definition) is 3. The molecule has 2 aromatic rings. The molecule has 120 valence electrons. The smallest absolute Gasteiger partial charge is 0.251 e. The molecule has 0 aliphatic heterocycles. The van der Waals surface area contributed by atoms with Crippen molar-refractivity contribution < 1.29 is 14.7 Å². The van der Waals surface area contributed by atoms with E-state index in [0.29, 0.717) is 12.1 Å². The van der Waals surface area contributed by atoms with Crippen LogP contribution in [0.5, 0.6) is 0 Å². The van der Waals surface area contributed by atoms with Gasteiger partial charge >= 0.3 is 0 Å². The van der Waals surface area contributed by atoms with Crippen molar-refractivity contribution in [2.24, 2.45) is 0 Å². The highest BCUT2D eigenvalue weighted by Crippen LogP contribution is 2.02. The molecule has 0 unspecified atom stereocenters. The molecule has 0 heterocycles. The van der Waals surface area contributed by atoms with Gasteiger partial charge in [0.25, 0.3) is 5.91 Å². The van der Waals surface area contributed by atoms with Gasteiger partial charge in [-0.3, -0.25) is 9.59 Å². The van der Waals surface area contributed by atoms with E-state index in [-0.39, 0.29) is 24.8 Å². The third-order valence-corrected chi connectivity index (χ3v) is 3.39. The van der Waals surface area contributed by atoms with E-state index in [1.165, 1.54) is 0 Å². The Bertz CT molecular complexity index is 629. The van der Waals surface area contributed by atoms with Crippen LogP contribution in [0.3, 0.4) is 0 Å². The van der Waals surface area contributed by atoms with Crippen molar-refractivity contribution in [1.82, 2.24) is 10.6 Å². The highest BCUT2D eigenvalue weighted by atomic mass is 16.3. The summed E-state index contributed by atoms with van der Waals surface area (Å²) >= 11 is 0. The summed E-state index contributed by atoms with van der Waals surface area (Å²) < 4.78 is 0. The van der Waals surface area contributed by atoms with Gasteiger partial charge in [-0.25, -0.2) is 0 Å². The van der Waals surface area contributed by atoms with Crippen molar-refractivity contribution in [3.63, 3.8) is 0 Å². The van der Waals surface area contributed by atoms with Crippen molar-refractivity contribution in [1.29, 1.82) is 0 Å². The van der Waals surface area contributed by atoms with Crippen LogP contribution in [0.25, 0.3) is 0 Å². The third-order valence-electron chi connectivity index (χ3n) is 3.39. The number of hydrogen-bond donors (Lipinski definition) is 3. The molecule has 5 nitrogen and oxygen atoms in total. The van der Waals surface area contributed by atoms with E-state index >= 15 is 0 Å². The lowest BCUT2D eigenvalue weighted by molar-refractivity contribution is -0.123. The molecule has 0 fully saturated rings. The van der Waals surface area contributed by atoms with Crippen LogP contribution in [-0.4, -0.2) is 29.6 Å². The molecular formula is C18H20N2O3. The van der Waals surface area contributed by atoms with Gasteiger partial charge in [-0.1, -0.05) is 48.5 Å². The molecule has 5 heteroatoms. The zero-order valence-corrected chi connectivity index (χ0v) is 12.7. The van der Waals surface area contributed by atoms with Crippen LogP contribution in [0.2, 0.25) is 0 Å². The fraction of sp³-hybridized carbons (Fsp3) is 0.222. The molecule has 0 aliphatic rings. The molecule has 0 aliphatic carbocycles. The first-order valence-corrected chi connectivity index (χ1v) is 7.49. The van der Waals surface area contributed by atoms with E-state index in [4.69, 9.17) is 5.11 Å². The predicted octanol–water partition coefficient (Wildman–Crippen LogP) is 1.48. The van der Waals surface area contributed by atoms with Crippen LogP contribution in [0, 0.1) is 0 Å². The van der Waals surface area contributed by atoms with Crippen molar-refractivity contribution in [3.05, 3.63) is 71.8 Å². The Hall–Kier alpha value is -2.66. The molecule has 0 radical (unpaired) electrons. The van der Waals surface area contributed by atoms with Crippen molar-refractivity contribution in [3.8, 4) is 0 Å². The second-order valence-electron chi connectivity index (χ2n) is 5.11. The van der Waals surface area contributed by atoms with Gasteiger partial charge in [-0.2, -0.15) is 0 Å². The van der Waals surface area contributed by atoms with Crippen LogP contribution in [0.1, 0.15) is 22.3 Å². The first-order valence-electron chi connectivity index (χ1n) is 7.49. The molecule has 0 aromatic heterocycles. The second-order valence-corrected chi connectivity index (χ2v) is 5.11. The molecular weight excluding hydrogens is 292 g/mol. The molecule has 0 spiro atoms. The molecule has 0 saturated carbocycles. The van der Waals surface area contributed by atoms with Crippen LogP contribution >= 0.6 is 0 Å². The van der Waals surface area contributed by atoms with Gasteiger partial charge in [0.1, 0.15) is 6.04 Å². The Morgan fingerprint density at radius 1 is 0.957 bits per heavy atom. The van der Waals surface area contributed by atoms with Crippen LogP contribution in [0.4, 0.5) is 0 Å². The van der Waals surface area contributed by atoms with Crippen LogP contribution in [-0.2, 0) is 11.3 Å². The first-order chi connectivity index (χ1) is 11.2. The van der Waals surface area contributed by atoms with E-state index in [9.17, 15) is 9.59 Å². The molecule has 2 rings (SSSR count). The minimum atomic E-state index is -0.767. The zero-order valence-electron chi connectivity index (χ0n) is 12.7. The minimum Gasteiger partial charge on any atom is -0.396 e. The quantitative estimate of drug-likeness (QED) is 0.725. The van der Waals surface area contributed by atoms with E-state index in [0.717, 1.165) is 5.56 Å². The standard InChI is InChI=1S/C18H20N2O3/c21-12-11-16(20-17(22)15-9-5-2-6-10-15)18(23)19-13-14-7-3-1-4-8-14/h1-10,16,21H,11-13H2,(H,19,23)(H,20,22)/t16-/m0/s1. The maximum Gasteiger partial charge on any atom is 0.251 e. The summed E-state index contributed by atoms with van der Waals surface area (Å²) in [6.07, 6.45) is 0.166. The SMILES string of the molecule is O=C(N[C@@H](CCO)C(=O)NCc1ccccc1)c1ccccc1. The summed E-state index contributed by atoms with van der Waals surface area (Å²) in [5, 5.41) is 14.6. The summed E-state index contributed by atoms with van der Waals surface area (Å²) in [4.78, 5) is 24.4. The summed E-state index contributed by atoms with van der Waals surface area (Å²) in [6, 6.07) is 17.4. The highest BCUT2D eigenvalue weighted by molar-refractivity contribution is 5.97. The maximum absolute atomic E-state index is 12.2. The van der Waals surface area contributed by atoms with Gasteiger partial charge < -0.3 is 15.7 Å². The predicted molar refractivity (Wildman–Crippen MR) is 87.7 cm³/mol. The fourth-order valence-electron chi connectivity index (χ4n) is 2.14. The molecule has 2 aromatic carbocycles. The number of carbonyl (C=O) groups is 2. The fourth-order valence-corrected chi connectivity index (χ4v) is 2.14. The lowest BCUT2D eigenvalue weighted by atomic mass is 10.1. The van der Waals surface area contributed by atoms with Gasteiger partial charge in [0.05, 0.1) is 0 Å². The van der Waals surface area contributed by atoms with Gasteiger partial charge in [0, 0.05) is 18.7 Å². The molecule has 0 bridgehead atoms. The lowest BCUT2D eigenvalue weighted by Crippen LogP contribution is -2.47. The molecule has 23 heavy (non-hydrogen) atoms. The minimum absolute atomic E-state index is 0.166. The molecule has 2 amide bonds. The van der Waals surface area contributed by atoms with Crippen molar-refractivity contribution in [2.45, 2.75) is 19.0 Å². The van der Waals surface area contributed by atoms with Gasteiger partial charge in [-0.15, -0.1) is 0 Å². The average Bonchev–Trinajstić information content (AvgIpc) is 2.61. The number of aliphatic hydroxyl groups excluding tert-OH is 1. The van der Waals surface area contributed by atoms with E-state index < -0.39 is 6.04 Å². The number of amides is 2. The number of nitrogens with one attached hydrogen (secondary N) is 2. The van der Waals surface area contributed by atoms with Crippen LogP contribution in [0.15, 0.2) is 60.7 Å². The number of rotatable bonds is 7. The normalized spacial score (nSPS) is 11.5. The topological polar surface area (TPSA) is 78.4 Å². The molecule has 3 N–H and O–H groups in total. The van der Waals surface area contributed by atoms with E-state index in [1.807, 2.05) is 36.4 Å². The maximum atomic E-state index is 12.2. The summed E-state index contributed by atoms with van der Waals surface area (Å²) in [6.45, 7) is 0.196. The van der Waals surface area contributed by atoms with Gasteiger partial charge in [0.2, 0.25) is 5.91 Å². The third kappa shape index (κ3) is 5.23. The summed E-state index contributed by atoms with van der Waals surface area (Å²) in [7, 11) is 0. The number of aliphatic hydroxyl groups is 1. The Morgan fingerprint density at radius 2 is 1.57 bits per heavy atom. The Labute approximate surface area is 135 Å². The van der Waals surface area contributed by atoms with Crippen LogP contribution < -0.4 is 10.6 Å².